The summed E-state index contributed by atoms with van der Waals surface area (Å²) in [6.07, 6.45) is 7.24. The highest BCUT2D eigenvalue weighted by Crippen LogP contribution is 2.21. The van der Waals surface area contributed by atoms with Crippen molar-refractivity contribution in [2.45, 2.75) is 25.8 Å². The van der Waals surface area contributed by atoms with Gasteiger partial charge in [0.05, 0.1) is 12.6 Å². The molecule has 1 saturated heterocycles. The fourth-order valence-electron chi connectivity index (χ4n) is 1.94. The quantitative estimate of drug-likeness (QED) is 0.790. The molecule has 1 aromatic heterocycles. The number of nitrogens with zero attached hydrogens (tertiary/aromatic N) is 3. The molecule has 6 nitrogen and oxygen atoms in total. The summed E-state index contributed by atoms with van der Waals surface area (Å²) < 4.78 is 5.12. The summed E-state index contributed by atoms with van der Waals surface area (Å²) in [5.41, 5.74) is 0. The predicted octanol–water partition coefficient (Wildman–Crippen LogP) is 0.589. The van der Waals surface area contributed by atoms with Crippen LogP contribution in [0.3, 0.4) is 0 Å². The van der Waals surface area contributed by atoms with Crippen molar-refractivity contribution < 1.29 is 9.32 Å². The van der Waals surface area contributed by atoms with Gasteiger partial charge in [0, 0.05) is 6.54 Å². The van der Waals surface area contributed by atoms with Gasteiger partial charge in [0.25, 0.3) is 11.7 Å². The molecule has 1 atom stereocenters. The highest BCUT2D eigenvalue weighted by Gasteiger charge is 2.25. The topological polar surface area (TPSA) is 71.3 Å². The number of rotatable bonds is 4. The molecular weight excluding hydrogens is 232 g/mol. The zero-order chi connectivity index (χ0) is 13.0. The Hall–Kier alpha value is -1.87. The van der Waals surface area contributed by atoms with E-state index in [1.54, 1.807) is 0 Å². The minimum Gasteiger partial charge on any atom is -0.337 e. The molecule has 0 bridgehead atoms. The van der Waals surface area contributed by atoms with Gasteiger partial charge in [-0.3, -0.25) is 4.79 Å². The summed E-state index contributed by atoms with van der Waals surface area (Å²) in [5.74, 6) is 2.71. The summed E-state index contributed by atoms with van der Waals surface area (Å²) in [4.78, 5) is 17.7. The number of aromatic nitrogens is 2. The van der Waals surface area contributed by atoms with Crippen LogP contribution in [-0.2, 0) is 0 Å². The van der Waals surface area contributed by atoms with Crippen molar-refractivity contribution in [3.8, 4) is 12.3 Å². The summed E-state index contributed by atoms with van der Waals surface area (Å²) >= 11 is 0. The van der Waals surface area contributed by atoms with Gasteiger partial charge < -0.3 is 14.7 Å². The summed E-state index contributed by atoms with van der Waals surface area (Å²) in [6, 6.07) is 0.0711. The number of amides is 1. The second-order valence-electron chi connectivity index (χ2n) is 4.13. The maximum Gasteiger partial charge on any atom is 0.296 e. The maximum absolute atomic E-state index is 12.0. The number of hydrogen-bond donors (Lipinski definition) is 1. The summed E-state index contributed by atoms with van der Waals surface area (Å²) in [5, 5.41) is 6.97. The largest absolute Gasteiger partial charge is 0.337 e. The van der Waals surface area contributed by atoms with Crippen molar-refractivity contribution in [2.24, 2.45) is 0 Å². The molecule has 0 aliphatic carbocycles. The van der Waals surface area contributed by atoms with Gasteiger partial charge in [-0.25, -0.2) is 0 Å². The van der Waals surface area contributed by atoms with Crippen LogP contribution in [-0.4, -0.2) is 40.6 Å². The van der Waals surface area contributed by atoms with Crippen molar-refractivity contribution >= 4 is 5.91 Å². The minimum absolute atomic E-state index is 0.0711. The van der Waals surface area contributed by atoms with Crippen molar-refractivity contribution in [2.75, 3.05) is 19.6 Å². The molecule has 1 N–H and O–H groups in total. The standard InChI is InChI=1S/C12H16N4O2/c1-3-8-16(4-2)12(17)10-14-11(18-15-10)9-6-5-7-13-9/h1,9,13H,4-8H2,2H3. The summed E-state index contributed by atoms with van der Waals surface area (Å²) in [6.45, 7) is 3.57. The van der Waals surface area contributed by atoms with Gasteiger partial charge >= 0.3 is 0 Å². The normalized spacial score (nSPS) is 18.6. The van der Waals surface area contributed by atoms with Crippen LogP contribution < -0.4 is 5.32 Å². The Morgan fingerprint density at radius 1 is 1.72 bits per heavy atom. The second kappa shape index (κ2) is 5.65. The van der Waals surface area contributed by atoms with E-state index < -0.39 is 0 Å². The Kier molecular flexibility index (Phi) is 3.95. The molecule has 96 valence electrons. The number of hydrogen-bond acceptors (Lipinski definition) is 5. The first-order valence-corrected chi connectivity index (χ1v) is 6.06. The molecule has 1 amide bonds. The first-order valence-electron chi connectivity index (χ1n) is 6.06. The van der Waals surface area contributed by atoms with E-state index in [4.69, 9.17) is 10.9 Å². The molecule has 0 aromatic carbocycles. The van der Waals surface area contributed by atoms with Crippen LogP contribution >= 0.6 is 0 Å². The van der Waals surface area contributed by atoms with E-state index in [9.17, 15) is 4.79 Å². The molecule has 0 radical (unpaired) electrons. The Morgan fingerprint density at radius 3 is 3.17 bits per heavy atom. The van der Waals surface area contributed by atoms with Gasteiger partial charge in [-0.05, 0) is 26.3 Å². The molecule has 6 heteroatoms. The highest BCUT2D eigenvalue weighted by molar-refractivity contribution is 5.90. The lowest BCUT2D eigenvalue weighted by atomic mass is 10.2. The average molecular weight is 248 g/mol. The Morgan fingerprint density at radius 2 is 2.56 bits per heavy atom. The molecule has 1 aromatic rings. The maximum atomic E-state index is 12.0. The third kappa shape index (κ3) is 2.51. The van der Waals surface area contributed by atoms with Gasteiger partial charge in [0.1, 0.15) is 0 Å². The molecule has 0 saturated carbocycles. The molecule has 18 heavy (non-hydrogen) atoms. The van der Waals surface area contributed by atoms with Gasteiger partial charge in [-0.1, -0.05) is 11.1 Å². The fourth-order valence-corrected chi connectivity index (χ4v) is 1.94. The van der Waals surface area contributed by atoms with Crippen LogP contribution in [0.5, 0.6) is 0 Å². The Bertz CT molecular complexity index is 457. The van der Waals surface area contributed by atoms with Crippen LogP contribution in [0.4, 0.5) is 0 Å². The minimum atomic E-state index is -0.288. The lowest BCUT2D eigenvalue weighted by Crippen LogP contribution is -2.32. The zero-order valence-electron chi connectivity index (χ0n) is 10.3. The van der Waals surface area contributed by atoms with E-state index >= 15 is 0 Å². The zero-order valence-corrected chi connectivity index (χ0v) is 10.3. The van der Waals surface area contributed by atoms with Crippen molar-refractivity contribution in [3.63, 3.8) is 0 Å². The Balaban J connectivity index is 2.09. The summed E-state index contributed by atoms with van der Waals surface area (Å²) in [7, 11) is 0. The van der Waals surface area contributed by atoms with Crippen molar-refractivity contribution in [1.29, 1.82) is 0 Å². The van der Waals surface area contributed by atoms with E-state index in [1.807, 2.05) is 6.92 Å². The monoisotopic (exact) mass is 248 g/mol. The number of carbonyl (C=O) groups excluding carboxylic acids is 1. The molecule has 1 aliphatic heterocycles. The van der Waals surface area contributed by atoms with Crippen LogP contribution in [0, 0.1) is 12.3 Å². The van der Waals surface area contributed by atoms with E-state index in [0.717, 1.165) is 19.4 Å². The lowest BCUT2D eigenvalue weighted by Gasteiger charge is -2.14. The van der Waals surface area contributed by atoms with E-state index in [-0.39, 0.29) is 24.3 Å². The van der Waals surface area contributed by atoms with E-state index in [2.05, 4.69) is 21.4 Å². The van der Waals surface area contributed by atoms with Gasteiger partial charge in [-0.15, -0.1) is 6.42 Å². The number of terminal acetylenes is 1. The van der Waals surface area contributed by atoms with Crippen LogP contribution in [0.25, 0.3) is 0 Å². The predicted molar refractivity (Wildman–Crippen MR) is 64.7 cm³/mol. The van der Waals surface area contributed by atoms with Gasteiger partial charge in [-0.2, -0.15) is 4.98 Å². The third-order valence-corrected chi connectivity index (χ3v) is 2.94. The first kappa shape index (κ1) is 12.6. The third-order valence-electron chi connectivity index (χ3n) is 2.94. The number of carbonyl (C=O) groups is 1. The lowest BCUT2D eigenvalue weighted by molar-refractivity contribution is 0.0769. The Labute approximate surface area is 106 Å². The smallest absolute Gasteiger partial charge is 0.296 e. The van der Waals surface area contributed by atoms with Crippen LogP contribution in [0.15, 0.2) is 4.52 Å². The first-order chi connectivity index (χ1) is 8.76. The highest BCUT2D eigenvalue weighted by atomic mass is 16.5. The molecule has 0 spiro atoms. The molecule has 1 unspecified atom stereocenters. The molecular formula is C12H16N4O2. The fraction of sp³-hybridized carbons (Fsp3) is 0.583. The van der Waals surface area contributed by atoms with E-state index in [0.29, 0.717) is 12.4 Å². The SMILES string of the molecule is C#CCN(CC)C(=O)c1noc(C2CCCN2)n1. The van der Waals surface area contributed by atoms with Crippen molar-refractivity contribution in [1.82, 2.24) is 20.4 Å². The molecule has 1 fully saturated rings. The van der Waals surface area contributed by atoms with Gasteiger partial charge in [0.2, 0.25) is 5.89 Å². The van der Waals surface area contributed by atoms with Crippen LogP contribution in [0.1, 0.15) is 42.3 Å². The van der Waals surface area contributed by atoms with Gasteiger partial charge in [0.15, 0.2) is 0 Å². The molecule has 2 heterocycles. The second-order valence-corrected chi connectivity index (χ2v) is 4.13. The molecule has 2 rings (SSSR count). The van der Waals surface area contributed by atoms with Crippen LogP contribution in [0.2, 0.25) is 0 Å². The van der Waals surface area contributed by atoms with Crippen molar-refractivity contribution in [3.05, 3.63) is 11.7 Å². The molecule has 1 aliphatic rings. The van der Waals surface area contributed by atoms with E-state index in [1.165, 1.54) is 4.90 Å². The number of nitrogens with one attached hydrogen (secondary N) is 1. The average Bonchev–Trinajstić information content (AvgIpc) is 3.04.